The highest BCUT2D eigenvalue weighted by molar-refractivity contribution is 5.99. The number of Topliss-reactive ketones (excluding diaryl/α,β-unsaturated/α-hetero) is 1. The predicted octanol–water partition coefficient (Wildman–Crippen LogP) is 5.10. The third-order valence-electron chi connectivity index (χ3n) is 9.25. The first-order valence-corrected chi connectivity index (χ1v) is 20.2. The number of hydrogen-bond donors (Lipinski definition) is 3. The summed E-state index contributed by atoms with van der Waals surface area (Å²) in [5.41, 5.74) is -1.16. The maximum atomic E-state index is 13.8. The molecule has 1 atom stereocenters. The molecule has 344 valence electrons. The molecule has 4 aromatic rings. The number of carbonyl (C=O) groups is 6. The summed E-state index contributed by atoms with van der Waals surface area (Å²) in [4.78, 5) is 103. The summed E-state index contributed by atoms with van der Waals surface area (Å²) in [6.45, 7) is 6.44. The molecular formula is C43H50F3N7O11. The van der Waals surface area contributed by atoms with Crippen molar-refractivity contribution in [3.05, 3.63) is 88.0 Å². The summed E-state index contributed by atoms with van der Waals surface area (Å²) in [7, 11) is 1.10. The van der Waals surface area contributed by atoms with E-state index in [1.807, 2.05) is 30.3 Å². The second-order valence-corrected chi connectivity index (χ2v) is 15.1. The smallest absolute Gasteiger partial charge is 0.467 e. The molecule has 3 N–H and O–H groups in total. The second-order valence-electron chi connectivity index (χ2n) is 15.1. The largest absolute Gasteiger partial charge is 0.471 e. The number of methoxy groups -OCH3 is 1. The van der Waals surface area contributed by atoms with E-state index < -0.39 is 59.7 Å². The molecule has 4 rings (SSSR count). The van der Waals surface area contributed by atoms with Gasteiger partial charge in [-0.05, 0) is 62.9 Å². The fraction of sp³-hybridized carbons (Fsp3) is 0.442. The van der Waals surface area contributed by atoms with E-state index >= 15 is 0 Å². The van der Waals surface area contributed by atoms with Crippen LogP contribution in [0.2, 0.25) is 0 Å². The van der Waals surface area contributed by atoms with Crippen LogP contribution in [0.1, 0.15) is 87.8 Å². The minimum absolute atomic E-state index is 0.0942. The third-order valence-corrected chi connectivity index (χ3v) is 9.25. The Labute approximate surface area is 365 Å². The predicted molar refractivity (Wildman–Crippen MR) is 223 cm³/mol. The van der Waals surface area contributed by atoms with Gasteiger partial charge < -0.3 is 24.3 Å². The number of carbonyl (C=O) groups excluding carboxylic acids is 6. The number of aromatic nitrogens is 4. The van der Waals surface area contributed by atoms with E-state index in [4.69, 9.17) is 18.9 Å². The molecule has 0 aliphatic rings. The first-order chi connectivity index (χ1) is 30.3. The third kappa shape index (κ3) is 15.6. The van der Waals surface area contributed by atoms with Crippen molar-refractivity contribution < 1.29 is 60.9 Å². The van der Waals surface area contributed by atoms with Gasteiger partial charge in [0.05, 0.1) is 38.8 Å². The Bertz CT molecular complexity index is 2320. The van der Waals surface area contributed by atoms with Gasteiger partial charge in [-0.2, -0.15) is 18.2 Å². The second kappa shape index (κ2) is 23.2. The molecular weight excluding hydrogens is 848 g/mol. The molecule has 64 heavy (non-hydrogen) atoms. The van der Waals surface area contributed by atoms with Crippen molar-refractivity contribution in [1.82, 2.24) is 25.3 Å². The number of esters is 2. The van der Waals surface area contributed by atoms with Crippen molar-refractivity contribution in [1.29, 1.82) is 0 Å². The molecule has 0 spiro atoms. The number of fused-ring (bicyclic) bond motifs is 1. The molecule has 0 saturated heterocycles. The van der Waals surface area contributed by atoms with Gasteiger partial charge in [-0.25, -0.2) is 14.8 Å². The van der Waals surface area contributed by atoms with Crippen LogP contribution in [-0.2, 0) is 56.1 Å². The van der Waals surface area contributed by atoms with Crippen molar-refractivity contribution >= 4 is 58.2 Å². The molecule has 0 bridgehead atoms. The van der Waals surface area contributed by atoms with E-state index in [0.29, 0.717) is 17.7 Å². The Kier molecular flexibility index (Phi) is 18.1. The molecule has 0 aliphatic heterocycles. The Morgan fingerprint density at radius 1 is 0.875 bits per heavy atom. The normalized spacial score (nSPS) is 12.1. The topological polar surface area (TPSA) is 238 Å². The van der Waals surface area contributed by atoms with Crippen molar-refractivity contribution in [3.63, 3.8) is 0 Å². The molecule has 3 amide bonds. The summed E-state index contributed by atoms with van der Waals surface area (Å²) in [5.74, 6) is -6.60. The van der Waals surface area contributed by atoms with Crippen LogP contribution in [0.15, 0.2) is 65.6 Å². The molecule has 2 aromatic heterocycles. The molecule has 0 saturated carbocycles. The van der Waals surface area contributed by atoms with E-state index in [2.05, 4.69) is 30.6 Å². The molecule has 2 heterocycles. The van der Waals surface area contributed by atoms with Crippen molar-refractivity contribution in [2.45, 2.75) is 97.4 Å². The average Bonchev–Trinajstić information content (AvgIpc) is 3.26. The van der Waals surface area contributed by atoms with Crippen LogP contribution >= 0.6 is 0 Å². The van der Waals surface area contributed by atoms with Crippen LogP contribution in [0.25, 0.3) is 11.2 Å². The van der Waals surface area contributed by atoms with Crippen LogP contribution in [0.3, 0.4) is 0 Å². The van der Waals surface area contributed by atoms with Crippen LogP contribution in [-0.4, -0.2) is 93.7 Å². The fourth-order valence-corrected chi connectivity index (χ4v) is 5.78. The number of rotatable bonds is 23. The first-order valence-electron chi connectivity index (χ1n) is 20.2. The monoisotopic (exact) mass is 897 g/mol. The number of nitrogens with one attached hydrogen (secondary N) is 3. The Hall–Kier alpha value is -6.61. The maximum absolute atomic E-state index is 13.8. The quantitative estimate of drug-likeness (QED) is 0.0499. The number of anilines is 2. The summed E-state index contributed by atoms with van der Waals surface area (Å²) >= 11 is 0. The van der Waals surface area contributed by atoms with Crippen molar-refractivity contribution in [2.75, 3.05) is 30.5 Å². The Balaban J connectivity index is 1.28. The van der Waals surface area contributed by atoms with Gasteiger partial charge in [0.1, 0.15) is 18.4 Å². The van der Waals surface area contributed by atoms with Crippen molar-refractivity contribution in [3.8, 4) is 0 Å². The standard InChI is InChI=1S/C43H50F3N7O11/c1-26(2)36(56)51-41-50-35-34(38(58)52-41)48-29(23-47-35)24-53(40(60)43(44,45)46)30-17-15-28(16-18-30)37(57)49-32(39(59)61-5)20-19-31(54)13-9-21-63-42(3,4)64-22-10-14-33(55)62-25-27-11-7-6-8-12-27/h6-8,11-12,15-18,23,26,32H,9-10,13-14,19-22,24-25H2,1-5H3,(H,49,57)(H2,47,50,51,52,56,58)/t32-/m0/s1. The van der Waals surface area contributed by atoms with E-state index in [0.717, 1.165) is 43.1 Å². The van der Waals surface area contributed by atoms with Crippen molar-refractivity contribution in [2.24, 2.45) is 5.92 Å². The highest BCUT2D eigenvalue weighted by Gasteiger charge is 2.43. The molecule has 0 radical (unpaired) electrons. The Morgan fingerprint density at radius 3 is 2.16 bits per heavy atom. The maximum Gasteiger partial charge on any atom is 0.471 e. The van der Waals surface area contributed by atoms with Crippen LogP contribution < -0.4 is 21.1 Å². The highest BCUT2D eigenvalue weighted by Crippen LogP contribution is 2.26. The molecule has 21 heteroatoms. The zero-order chi connectivity index (χ0) is 47.0. The number of ether oxygens (including phenoxy) is 4. The molecule has 18 nitrogen and oxygen atoms in total. The Morgan fingerprint density at radius 2 is 1.53 bits per heavy atom. The van der Waals surface area contributed by atoms with Gasteiger partial charge in [-0.1, -0.05) is 44.2 Å². The lowest BCUT2D eigenvalue weighted by molar-refractivity contribution is -0.214. The summed E-state index contributed by atoms with van der Waals surface area (Å²) in [6.07, 6.45) is -3.54. The molecule has 0 aliphatic carbocycles. The van der Waals surface area contributed by atoms with Gasteiger partial charge >= 0.3 is 24.0 Å². The zero-order valence-electron chi connectivity index (χ0n) is 35.9. The van der Waals surface area contributed by atoms with E-state index in [-0.39, 0.29) is 91.3 Å². The highest BCUT2D eigenvalue weighted by atomic mass is 19.4. The number of H-pyrrole nitrogens is 1. The minimum atomic E-state index is -5.34. The SMILES string of the molecule is COC(=O)[C@H](CCC(=O)CCCOC(C)(C)OCCCC(=O)OCc1ccccc1)NC(=O)c1ccc(N(Cc2cnc3nc(NC(=O)C(C)C)[nH]c(=O)c3n2)C(=O)C(F)(F)F)cc1. The van der Waals surface area contributed by atoms with E-state index in [1.165, 1.54) is 0 Å². The van der Waals surface area contributed by atoms with Crippen LogP contribution in [0.4, 0.5) is 24.8 Å². The van der Waals surface area contributed by atoms with Crippen LogP contribution in [0.5, 0.6) is 0 Å². The lowest BCUT2D eigenvalue weighted by Gasteiger charge is -2.25. The summed E-state index contributed by atoms with van der Waals surface area (Å²) in [6, 6.07) is 12.4. The average molecular weight is 898 g/mol. The molecule has 2 aromatic carbocycles. The number of alkyl halides is 3. The summed E-state index contributed by atoms with van der Waals surface area (Å²) in [5, 5.41) is 4.88. The summed E-state index contributed by atoms with van der Waals surface area (Å²) < 4.78 is 62.9. The lowest BCUT2D eigenvalue weighted by Crippen LogP contribution is -2.42. The first kappa shape index (κ1) is 50.0. The van der Waals surface area contributed by atoms with Crippen LogP contribution in [0, 0.1) is 5.92 Å². The minimum Gasteiger partial charge on any atom is -0.467 e. The van der Waals surface area contributed by atoms with Gasteiger partial charge in [0.2, 0.25) is 11.9 Å². The van der Waals surface area contributed by atoms with Gasteiger partial charge in [0.15, 0.2) is 17.0 Å². The van der Waals surface area contributed by atoms with Gasteiger partial charge in [-0.15, -0.1) is 0 Å². The number of halogens is 3. The number of aromatic amines is 1. The fourth-order valence-electron chi connectivity index (χ4n) is 5.78. The number of ketones is 1. The number of amides is 3. The lowest BCUT2D eigenvalue weighted by atomic mass is 10.1. The number of nitrogens with zero attached hydrogens (tertiary/aromatic N) is 4. The molecule has 0 unspecified atom stereocenters. The van der Waals surface area contributed by atoms with E-state index in [1.54, 1.807) is 27.7 Å². The number of benzene rings is 2. The number of hydrogen-bond acceptors (Lipinski definition) is 14. The van der Waals surface area contributed by atoms with E-state index in [9.17, 15) is 46.7 Å². The zero-order valence-corrected chi connectivity index (χ0v) is 35.9. The van der Waals surface area contributed by atoms with Gasteiger partial charge in [-0.3, -0.25) is 44.0 Å². The van der Waals surface area contributed by atoms with Gasteiger partial charge in [0, 0.05) is 36.4 Å². The van der Waals surface area contributed by atoms with Gasteiger partial charge in [0.25, 0.3) is 11.5 Å². The molecule has 0 fully saturated rings.